The molecule has 1 aromatic heterocycles. The van der Waals surface area contributed by atoms with Gasteiger partial charge in [0.2, 0.25) is 17.7 Å². The predicted molar refractivity (Wildman–Crippen MR) is 84.7 cm³/mol. The van der Waals surface area contributed by atoms with E-state index >= 15 is 0 Å². The molecule has 6 nitrogen and oxygen atoms in total. The van der Waals surface area contributed by atoms with Crippen LogP contribution in [-0.2, 0) is 14.4 Å². The lowest BCUT2D eigenvalue weighted by Crippen LogP contribution is -2.42. The number of likely N-dealkylation sites (tertiary alicyclic amines) is 1. The van der Waals surface area contributed by atoms with Crippen LogP contribution in [0.25, 0.3) is 0 Å². The van der Waals surface area contributed by atoms with Crippen molar-refractivity contribution in [2.24, 2.45) is 23.7 Å². The van der Waals surface area contributed by atoms with E-state index in [-0.39, 0.29) is 47.9 Å². The average Bonchev–Trinajstić information content (AvgIpc) is 3.27. The van der Waals surface area contributed by atoms with Gasteiger partial charge in [0.15, 0.2) is 5.13 Å². The number of carbonyl (C=O) groups is 3. The number of carbonyl (C=O) groups excluding carboxylic acids is 3. The Balaban J connectivity index is 1.50. The molecule has 1 aliphatic heterocycles. The van der Waals surface area contributed by atoms with Crippen LogP contribution in [0.15, 0.2) is 17.5 Å². The van der Waals surface area contributed by atoms with Crippen molar-refractivity contribution in [2.75, 3.05) is 18.5 Å². The van der Waals surface area contributed by atoms with Crippen LogP contribution in [0.1, 0.15) is 12.1 Å². The SMILES string of the molecule is Cc1csc(N(C)C(=O)CN2C(=O)C3C4C=CC(C4)C3C2=O)n1. The lowest BCUT2D eigenvalue weighted by Gasteiger charge is -2.20. The molecule has 2 bridgehead atoms. The van der Waals surface area contributed by atoms with Crippen LogP contribution in [0.5, 0.6) is 0 Å². The van der Waals surface area contributed by atoms with Gasteiger partial charge in [0.1, 0.15) is 6.54 Å². The fourth-order valence-corrected chi connectivity index (χ4v) is 4.75. The minimum Gasteiger partial charge on any atom is -0.290 e. The Morgan fingerprint density at radius 1 is 1.30 bits per heavy atom. The number of hydrogen-bond donors (Lipinski definition) is 0. The number of thiazole rings is 1. The molecule has 0 radical (unpaired) electrons. The highest BCUT2D eigenvalue weighted by Gasteiger charge is 2.59. The van der Waals surface area contributed by atoms with Gasteiger partial charge in [0.05, 0.1) is 17.5 Å². The molecule has 7 heteroatoms. The van der Waals surface area contributed by atoms with E-state index in [0.717, 1.165) is 17.0 Å². The van der Waals surface area contributed by atoms with Crippen LogP contribution >= 0.6 is 11.3 Å². The maximum Gasteiger partial charge on any atom is 0.248 e. The summed E-state index contributed by atoms with van der Waals surface area (Å²) < 4.78 is 0. The fraction of sp³-hybridized carbons (Fsp3) is 0.500. The van der Waals surface area contributed by atoms with Crippen molar-refractivity contribution in [3.05, 3.63) is 23.2 Å². The lowest BCUT2D eigenvalue weighted by molar-refractivity contribution is -0.143. The number of nitrogens with zero attached hydrogens (tertiary/aromatic N) is 3. The zero-order chi connectivity index (χ0) is 16.3. The standard InChI is InChI=1S/C16H17N3O3S/c1-8-7-23-16(17-8)18(2)11(20)6-19-14(21)12-9-3-4-10(5-9)13(12)15(19)22/h3-4,7,9-10,12-13H,5-6H2,1-2H3. The molecule has 0 spiro atoms. The zero-order valence-electron chi connectivity index (χ0n) is 12.9. The summed E-state index contributed by atoms with van der Waals surface area (Å²) in [5, 5.41) is 2.44. The molecule has 1 saturated carbocycles. The van der Waals surface area contributed by atoms with Crippen molar-refractivity contribution in [2.45, 2.75) is 13.3 Å². The van der Waals surface area contributed by atoms with Gasteiger partial charge in [0, 0.05) is 12.4 Å². The number of aromatic nitrogens is 1. The van der Waals surface area contributed by atoms with Gasteiger partial charge >= 0.3 is 0 Å². The number of allylic oxidation sites excluding steroid dienone is 2. The van der Waals surface area contributed by atoms with Gasteiger partial charge in [-0.05, 0) is 25.2 Å². The monoisotopic (exact) mass is 331 g/mol. The van der Waals surface area contributed by atoms with Gasteiger partial charge in [0.25, 0.3) is 0 Å². The van der Waals surface area contributed by atoms with Gasteiger partial charge in [-0.15, -0.1) is 11.3 Å². The smallest absolute Gasteiger partial charge is 0.248 e. The highest BCUT2D eigenvalue weighted by molar-refractivity contribution is 7.14. The topological polar surface area (TPSA) is 70.6 Å². The lowest BCUT2D eigenvalue weighted by atomic mass is 9.85. The Morgan fingerprint density at radius 3 is 2.43 bits per heavy atom. The van der Waals surface area contributed by atoms with E-state index < -0.39 is 0 Å². The van der Waals surface area contributed by atoms with Crippen molar-refractivity contribution >= 4 is 34.2 Å². The number of anilines is 1. The van der Waals surface area contributed by atoms with Gasteiger partial charge in [-0.1, -0.05) is 12.2 Å². The Morgan fingerprint density at radius 2 is 1.91 bits per heavy atom. The Kier molecular flexibility index (Phi) is 3.16. The van der Waals surface area contributed by atoms with Crippen LogP contribution in [0.2, 0.25) is 0 Å². The van der Waals surface area contributed by atoms with E-state index in [1.807, 2.05) is 24.5 Å². The second-order valence-corrected chi connectivity index (χ2v) is 7.32. The van der Waals surface area contributed by atoms with Crippen molar-refractivity contribution in [1.82, 2.24) is 9.88 Å². The maximum atomic E-state index is 12.6. The molecule has 3 amide bonds. The van der Waals surface area contributed by atoms with Gasteiger partial charge in [-0.25, -0.2) is 4.98 Å². The number of amides is 3. The number of hydrogen-bond acceptors (Lipinski definition) is 5. The summed E-state index contributed by atoms with van der Waals surface area (Å²) in [4.78, 5) is 44.4. The minimum absolute atomic E-state index is 0.167. The van der Waals surface area contributed by atoms with E-state index in [9.17, 15) is 14.4 Å². The summed E-state index contributed by atoms with van der Waals surface area (Å²) >= 11 is 1.37. The van der Waals surface area contributed by atoms with Crippen molar-refractivity contribution in [3.63, 3.8) is 0 Å². The fourth-order valence-electron chi connectivity index (χ4n) is 3.96. The summed E-state index contributed by atoms with van der Waals surface area (Å²) in [5.41, 5.74) is 0.843. The Labute approximate surface area is 137 Å². The predicted octanol–water partition coefficient (Wildman–Crippen LogP) is 1.22. The number of likely N-dealkylation sites (N-methyl/N-ethyl adjacent to an activating group) is 1. The molecule has 4 rings (SSSR count). The summed E-state index contributed by atoms with van der Waals surface area (Å²) in [6.45, 7) is 1.66. The Hall–Kier alpha value is -2.02. The molecular weight excluding hydrogens is 314 g/mol. The largest absolute Gasteiger partial charge is 0.290 e. The quantitative estimate of drug-likeness (QED) is 0.617. The van der Waals surface area contributed by atoms with Crippen LogP contribution in [0.4, 0.5) is 5.13 Å². The molecule has 1 aromatic rings. The van der Waals surface area contributed by atoms with E-state index in [1.165, 1.54) is 16.2 Å². The molecule has 1 saturated heterocycles. The summed E-state index contributed by atoms with van der Waals surface area (Å²) in [6, 6.07) is 0. The average molecular weight is 331 g/mol. The van der Waals surface area contributed by atoms with Crippen LogP contribution in [0.3, 0.4) is 0 Å². The summed E-state index contributed by atoms with van der Waals surface area (Å²) in [6.07, 6.45) is 4.99. The van der Waals surface area contributed by atoms with Crippen LogP contribution < -0.4 is 4.90 Å². The molecular formula is C16H17N3O3S. The molecule has 120 valence electrons. The van der Waals surface area contributed by atoms with Gasteiger partial charge in [-0.2, -0.15) is 0 Å². The third-order valence-electron chi connectivity index (χ3n) is 5.12. The van der Waals surface area contributed by atoms with Crippen molar-refractivity contribution in [1.29, 1.82) is 0 Å². The molecule has 2 aliphatic carbocycles. The number of imide groups is 1. The van der Waals surface area contributed by atoms with Crippen LogP contribution in [0, 0.1) is 30.6 Å². The molecule has 2 heterocycles. The van der Waals surface area contributed by atoms with E-state index in [1.54, 1.807) is 7.05 Å². The Bertz CT molecular complexity index is 711. The first-order valence-corrected chi connectivity index (χ1v) is 8.57. The number of aryl methyl sites for hydroxylation is 1. The minimum atomic E-state index is -0.290. The second-order valence-electron chi connectivity index (χ2n) is 6.49. The van der Waals surface area contributed by atoms with Crippen molar-refractivity contribution in [3.8, 4) is 0 Å². The molecule has 2 fully saturated rings. The molecule has 3 aliphatic rings. The van der Waals surface area contributed by atoms with E-state index in [2.05, 4.69) is 4.98 Å². The molecule has 4 unspecified atom stereocenters. The molecule has 23 heavy (non-hydrogen) atoms. The van der Waals surface area contributed by atoms with Gasteiger partial charge < -0.3 is 0 Å². The van der Waals surface area contributed by atoms with Gasteiger partial charge in [-0.3, -0.25) is 24.2 Å². The van der Waals surface area contributed by atoms with E-state index in [0.29, 0.717) is 5.13 Å². The summed E-state index contributed by atoms with van der Waals surface area (Å²) in [5.74, 6) is -0.832. The van der Waals surface area contributed by atoms with E-state index in [4.69, 9.17) is 0 Å². The zero-order valence-corrected chi connectivity index (χ0v) is 13.7. The third-order valence-corrected chi connectivity index (χ3v) is 6.16. The highest BCUT2D eigenvalue weighted by atomic mass is 32.1. The number of fused-ring (bicyclic) bond motifs is 5. The highest BCUT2D eigenvalue weighted by Crippen LogP contribution is 2.52. The maximum absolute atomic E-state index is 12.6. The number of rotatable bonds is 3. The molecule has 4 atom stereocenters. The van der Waals surface area contributed by atoms with Crippen LogP contribution in [-0.4, -0.2) is 41.2 Å². The first-order valence-electron chi connectivity index (χ1n) is 7.69. The van der Waals surface area contributed by atoms with Crippen molar-refractivity contribution < 1.29 is 14.4 Å². The first kappa shape index (κ1) is 14.6. The molecule has 0 aromatic carbocycles. The first-order chi connectivity index (χ1) is 11.0. The normalized spacial score (nSPS) is 31.1. The third kappa shape index (κ3) is 2.06. The molecule has 0 N–H and O–H groups in total. The summed E-state index contributed by atoms with van der Waals surface area (Å²) in [7, 11) is 1.62. The second kappa shape index (κ2) is 4.99.